The molecular formula is C12H6Cl2F2. The van der Waals surface area contributed by atoms with Gasteiger partial charge in [0.05, 0.1) is 10.0 Å². The first-order valence-electron chi connectivity index (χ1n) is 4.49. The third-order valence-electron chi connectivity index (χ3n) is 2.19. The van der Waals surface area contributed by atoms with Crippen molar-refractivity contribution in [2.75, 3.05) is 0 Å². The maximum absolute atomic E-state index is 13.5. The first-order chi connectivity index (χ1) is 7.61. The molecule has 0 amide bonds. The highest BCUT2D eigenvalue weighted by Gasteiger charge is 2.13. The Morgan fingerprint density at radius 3 is 2.19 bits per heavy atom. The van der Waals surface area contributed by atoms with E-state index in [1.54, 1.807) is 18.2 Å². The smallest absolute Gasteiger partial charge is 0.166 e. The summed E-state index contributed by atoms with van der Waals surface area (Å²) in [5, 5.41) is 0.525. The Hall–Kier alpha value is -1.12. The average Bonchev–Trinajstić information content (AvgIpc) is 2.27. The van der Waals surface area contributed by atoms with Crippen LogP contribution in [0, 0.1) is 11.6 Å². The summed E-state index contributed by atoms with van der Waals surface area (Å²) in [6.45, 7) is 0. The lowest BCUT2D eigenvalue weighted by Gasteiger charge is -2.07. The molecule has 0 bridgehead atoms. The molecule has 0 nitrogen and oxygen atoms in total. The molecule has 0 fully saturated rings. The van der Waals surface area contributed by atoms with Gasteiger partial charge in [0.15, 0.2) is 11.6 Å². The first-order valence-corrected chi connectivity index (χ1v) is 5.25. The monoisotopic (exact) mass is 258 g/mol. The van der Waals surface area contributed by atoms with Crippen LogP contribution in [0.2, 0.25) is 10.0 Å². The summed E-state index contributed by atoms with van der Waals surface area (Å²) in [5.41, 5.74) is 0.485. The SMILES string of the molecule is Fc1cccc(-c2cccc(Cl)c2Cl)c1F. The lowest BCUT2D eigenvalue weighted by molar-refractivity contribution is 0.511. The Balaban J connectivity index is 2.68. The highest BCUT2D eigenvalue weighted by molar-refractivity contribution is 6.43. The van der Waals surface area contributed by atoms with Crippen LogP contribution in [0.5, 0.6) is 0 Å². The van der Waals surface area contributed by atoms with Crippen LogP contribution in [0.1, 0.15) is 0 Å². The van der Waals surface area contributed by atoms with Crippen molar-refractivity contribution in [3.63, 3.8) is 0 Å². The molecule has 82 valence electrons. The molecule has 16 heavy (non-hydrogen) atoms. The van der Waals surface area contributed by atoms with Crippen LogP contribution in [-0.2, 0) is 0 Å². The fourth-order valence-electron chi connectivity index (χ4n) is 1.42. The Labute approximate surface area is 101 Å². The molecular weight excluding hydrogens is 253 g/mol. The zero-order valence-corrected chi connectivity index (χ0v) is 9.49. The summed E-state index contributed by atoms with van der Waals surface area (Å²) in [4.78, 5) is 0. The van der Waals surface area contributed by atoms with Gasteiger partial charge < -0.3 is 0 Å². The Morgan fingerprint density at radius 2 is 1.44 bits per heavy atom. The van der Waals surface area contributed by atoms with Crippen LogP contribution in [0.4, 0.5) is 8.78 Å². The van der Waals surface area contributed by atoms with E-state index < -0.39 is 11.6 Å². The maximum atomic E-state index is 13.5. The zero-order chi connectivity index (χ0) is 11.7. The van der Waals surface area contributed by atoms with Crippen LogP contribution in [-0.4, -0.2) is 0 Å². The van der Waals surface area contributed by atoms with Crippen LogP contribution in [0.3, 0.4) is 0 Å². The highest BCUT2D eigenvalue weighted by atomic mass is 35.5. The van der Waals surface area contributed by atoms with Gasteiger partial charge in [-0.3, -0.25) is 0 Å². The molecule has 0 aliphatic rings. The van der Waals surface area contributed by atoms with E-state index in [9.17, 15) is 8.78 Å². The van der Waals surface area contributed by atoms with Gasteiger partial charge in [-0.2, -0.15) is 0 Å². The van der Waals surface area contributed by atoms with Crippen molar-refractivity contribution in [2.24, 2.45) is 0 Å². The predicted molar refractivity (Wildman–Crippen MR) is 61.8 cm³/mol. The van der Waals surface area contributed by atoms with Gasteiger partial charge in [-0.15, -0.1) is 0 Å². The van der Waals surface area contributed by atoms with Gasteiger partial charge in [0, 0.05) is 11.1 Å². The molecule has 0 spiro atoms. The fourth-order valence-corrected chi connectivity index (χ4v) is 1.83. The van der Waals surface area contributed by atoms with Crippen molar-refractivity contribution in [3.8, 4) is 11.1 Å². The number of hydrogen-bond donors (Lipinski definition) is 0. The highest BCUT2D eigenvalue weighted by Crippen LogP contribution is 2.35. The van der Waals surface area contributed by atoms with Crippen molar-refractivity contribution >= 4 is 23.2 Å². The van der Waals surface area contributed by atoms with E-state index in [1.165, 1.54) is 12.1 Å². The second-order valence-corrected chi connectivity index (χ2v) is 3.99. The number of halogens is 4. The topological polar surface area (TPSA) is 0 Å². The van der Waals surface area contributed by atoms with Gasteiger partial charge in [-0.05, 0) is 12.1 Å². The van der Waals surface area contributed by atoms with E-state index in [1.807, 2.05) is 0 Å². The molecule has 0 saturated heterocycles. The molecule has 0 N–H and O–H groups in total. The predicted octanol–water partition coefficient (Wildman–Crippen LogP) is 4.94. The van der Waals surface area contributed by atoms with Crippen LogP contribution in [0.25, 0.3) is 11.1 Å². The quantitative estimate of drug-likeness (QED) is 0.680. The van der Waals surface area contributed by atoms with E-state index in [-0.39, 0.29) is 10.6 Å². The van der Waals surface area contributed by atoms with Gasteiger partial charge in [0.1, 0.15) is 0 Å². The Morgan fingerprint density at radius 1 is 0.812 bits per heavy atom. The minimum Gasteiger partial charge on any atom is -0.204 e. The molecule has 0 aromatic heterocycles. The summed E-state index contributed by atoms with van der Waals surface area (Å²) in [6.07, 6.45) is 0. The summed E-state index contributed by atoms with van der Waals surface area (Å²) >= 11 is 11.7. The van der Waals surface area contributed by atoms with Crippen LogP contribution < -0.4 is 0 Å². The second kappa shape index (κ2) is 4.40. The molecule has 2 aromatic rings. The first kappa shape index (κ1) is 11.4. The van der Waals surface area contributed by atoms with Crippen molar-refractivity contribution in [2.45, 2.75) is 0 Å². The van der Waals surface area contributed by atoms with Gasteiger partial charge >= 0.3 is 0 Å². The normalized spacial score (nSPS) is 10.5. The van der Waals surface area contributed by atoms with E-state index in [0.29, 0.717) is 10.6 Å². The summed E-state index contributed by atoms with van der Waals surface area (Å²) in [7, 11) is 0. The standard InChI is InChI=1S/C12H6Cl2F2/c13-9-5-1-3-7(11(9)14)8-4-2-6-10(15)12(8)16/h1-6H. The largest absolute Gasteiger partial charge is 0.204 e. The zero-order valence-electron chi connectivity index (χ0n) is 7.98. The van der Waals surface area contributed by atoms with Gasteiger partial charge in [-0.25, -0.2) is 8.78 Å². The maximum Gasteiger partial charge on any atom is 0.166 e. The number of hydrogen-bond acceptors (Lipinski definition) is 0. The molecule has 4 heteroatoms. The van der Waals surface area contributed by atoms with Gasteiger partial charge in [0.2, 0.25) is 0 Å². The average molecular weight is 259 g/mol. The van der Waals surface area contributed by atoms with Crippen LogP contribution in [0.15, 0.2) is 36.4 Å². The number of benzene rings is 2. The van der Waals surface area contributed by atoms with E-state index in [0.717, 1.165) is 6.07 Å². The third kappa shape index (κ3) is 1.91. The second-order valence-electron chi connectivity index (χ2n) is 3.20. The minimum atomic E-state index is -0.924. The molecule has 0 radical (unpaired) electrons. The number of rotatable bonds is 1. The minimum absolute atomic E-state index is 0.104. The van der Waals surface area contributed by atoms with Crippen molar-refractivity contribution in [3.05, 3.63) is 58.1 Å². The van der Waals surface area contributed by atoms with Crippen molar-refractivity contribution < 1.29 is 8.78 Å². The molecule has 2 aromatic carbocycles. The van der Waals surface area contributed by atoms with E-state index >= 15 is 0 Å². The third-order valence-corrected chi connectivity index (χ3v) is 3.01. The summed E-state index contributed by atoms with van der Waals surface area (Å²) in [6, 6.07) is 8.74. The van der Waals surface area contributed by atoms with Crippen LogP contribution >= 0.6 is 23.2 Å². The van der Waals surface area contributed by atoms with Gasteiger partial charge in [0.25, 0.3) is 0 Å². The lowest BCUT2D eigenvalue weighted by Crippen LogP contribution is -1.89. The molecule has 0 atom stereocenters. The summed E-state index contributed by atoms with van der Waals surface area (Å²) in [5.74, 6) is -1.83. The molecule has 0 aliphatic carbocycles. The lowest BCUT2D eigenvalue weighted by atomic mass is 10.1. The van der Waals surface area contributed by atoms with Gasteiger partial charge in [-0.1, -0.05) is 47.5 Å². The van der Waals surface area contributed by atoms with Crippen molar-refractivity contribution in [1.29, 1.82) is 0 Å². The van der Waals surface area contributed by atoms with Crippen molar-refractivity contribution in [1.82, 2.24) is 0 Å². The molecule has 0 unspecified atom stereocenters. The summed E-state index contributed by atoms with van der Waals surface area (Å²) < 4.78 is 26.6. The van der Waals surface area contributed by atoms with E-state index in [4.69, 9.17) is 23.2 Å². The Kier molecular flexibility index (Phi) is 3.13. The molecule has 2 rings (SSSR count). The molecule has 0 heterocycles. The fraction of sp³-hybridized carbons (Fsp3) is 0. The molecule has 0 saturated carbocycles. The molecule has 0 aliphatic heterocycles. The van der Waals surface area contributed by atoms with E-state index in [2.05, 4.69) is 0 Å². The Bertz CT molecular complexity index is 489.